The van der Waals surface area contributed by atoms with Crippen molar-refractivity contribution < 1.29 is 19.2 Å². The molecular formula is C19H21N5O5. The molecule has 152 valence electrons. The third kappa shape index (κ3) is 6.31. The van der Waals surface area contributed by atoms with Gasteiger partial charge in [0.05, 0.1) is 18.2 Å². The van der Waals surface area contributed by atoms with Crippen LogP contribution in [0, 0.1) is 10.1 Å². The van der Waals surface area contributed by atoms with E-state index in [1.165, 1.54) is 19.4 Å². The maximum atomic E-state index is 11.9. The lowest BCUT2D eigenvalue weighted by molar-refractivity contribution is -0.384. The Balaban J connectivity index is 1.91. The van der Waals surface area contributed by atoms with Gasteiger partial charge in [-0.1, -0.05) is 6.07 Å². The molecule has 0 fully saturated rings. The number of hydrazone groups is 1. The van der Waals surface area contributed by atoms with Crippen LogP contribution in [0.15, 0.2) is 47.6 Å². The first-order chi connectivity index (χ1) is 13.8. The SMILES string of the molecule is COc1ccc(NC(=O)CC(=O)NN=Cc2ccc(N(C)C)c([N+](=O)[O-])c2)cc1. The van der Waals surface area contributed by atoms with Crippen molar-refractivity contribution in [1.29, 1.82) is 0 Å². The number of nitro groups is 1. The second kappa shape index (κ2) is 9.83. The molecule has 2 N–H and O–H groups in total. The van der Waals surface area contributed by atoms with Crippen molar-refractivity contribution in [2.24, 2.45) is 5.10 Å². The number of hydrogen-bond donors (Lipinski definition) is 2. The van der Waals surface area contributed by atoms with Crippen LogP contribution in [0.2, 0.25) is 0 Å². The molecule has 0 radical (unpaired) electrons. The third-order valence-corrected chi connectivity index (χ3v) is 3.78. The van der Waals surface area contributed by atoms with E-state index in [1.807, 2.05) is 0 Å². The first-order valence-electron chi connectivity index (χ1n) is 8.51. The van der Waals surface area contributed by atoms with Crippen LogP contribution < -0.4 is 20.4 Å². The number of nitro benzene ring substituents is 1. The number of amides is 2. The average molecular weight is 399 g/mol. The first-order valence-corrected chi connectivity index (χ1v) is 8.51. The van der Waals surface area contributed by atoms with Gasteiger partial charge in [0.2, 0.25) is 11.8 Å². The minimum Gasteiger partial charge on any atom is -0.497 e. The average Bonchev–Trinajstić information content (AvgIpc) is 2.68. The fraction of sp³-hybridized carbons (Fsp3) is 0.211. The summed E-state index contributed by atoms with van der Waals surface area (Å²) in [6.07, 6.45) is 0.842. The smallest absolute Gasteiger partial charge is 0.293 e. The van der Waals surface area contributed by atoms with E-state index in [9.17, 15) is 19.7 Å². The predicted octanol–water partition coefficient (Wildman–Crippen LogP) is 2.15. The summed E-state index contributed by atoms with van der Waals surface area (Å²) in [5.41, 5.74) is 3.56. The summed E-state index contributed by atoms with van der Waals surface area (Å²) in [6, 6.07) is 11.2. The van der Waals surface area contributed by atoms with Crippen molar-refractivity contribution in [1.82, 2.24) is 5.43 Å². The molecule has 0 heterocycles. The number of ether oxygens (including phenoxy) is 1. The summed E-state index contributed by atoms with van der Waals surface area (Å²) in [4.78, 5) is 36.0. The summed E-state index contributed by atoms with van der Waals surface area (Å²) in [5, 5.41) is 17.5. The summed E-state index contributed by atoms with van der Waals surface area (Å²) >= 11 is 0. The van der Waals surface area contributed by atoms with Gasteiger partial charge in [-0.05, 0) is 30.3 Å². The van der Waals surface area contributed by atoms with Gasteiger partial charge in [-0.3, -0.25) is 19.7 Å². The molecule has 2 rings (SSSR count). The lowest BCUT2D eigenvalue weighted by atomic mass is 10.2. The molecule has 0 bridgehead atoms. The molecule has 0 atom stereocenters. The Morgan fingerprint density at radius 1 is 1.17 bits per heavy atom. The van der Waals surface area contributed by atoms with Gasteiger partial charge in [-0.15, -0.1) is 0 Å². The topological polar surface area (TPSA) is 126 Å². The van der Waals surface area contributed by atoms with E-state index in [0.717, 1.165) is 0 Å². The lowest BCUT2D eigenvalue weighted by Crippen LogP contribution is -2.24. The Hall–Kier alpha value is -3.95. The highest BCUT2D eigenvalue weighted by molar-refractivity contribution is 6.03. The first kappa shape index (κ1) is 21.4. The predicted molar refractivity (Wildman–Crippen MR) is 109 cm³/mol. The Bertz CT molecular complexity index is 925. The molecule has 2 amide bonds. The van der Waals surface area contributed by atoms with Gasteiger partial charge >= 0.3 is 0 Å². The normalized spacial score (nSPS) is 10.4. The maximum Gasteiger partial charge on any atom is 0.293 e. The van der Waals surface area contributed by atoms with Crippen LogP contribution in [0.25, 0.3) is 0 Å². The Kier molecular flexibility index (Phi) is 7.24. The summed E-state index contributed by atoms with van der Waals surface area (Å²) in [7, 11) is 4.94. The minimum atomic E-state index is -0.619. The highest BCUT2D eigenvalue weighted by Crippen LogP contribution is 2.27. The summed E-state index contributed by atoms with van der Waals surface area (Å²) in [6.45, 7) is 0. The highest BCUT2D eigenvalue weighted by atomic mass is 16.6. The number of carbonyl (C=O) groups excluding carboxylic acids is 2. The minimum absolute atomic E-state index is 0.0795. The van der Waals surface area contributed by atoms with Gasteiger partial charge in [0, 0.05) is 31.4 Å². The number of rotatable bonds is 8. The zero-order valence-electron chi connectivity index (χ0n) is 16.2. The molecule has 10 nitrogen and oxygen atoms in total. The van der Waals surface area contributed by atoms with E-state index < -0.39 is 23.2 Å². The monoisotopic (exact) mass is 399 g/mol. The number of hydrogen-bond acceptors (Lipinski definition) is 7. The van der Waals surface area contributed by atoms with E-state index in [4.69, 9.17) is 4.74 Å². The van der Waals surface area contributed by atoms with Crippen LogP contribution in [0.3, 0.4) is 0 Å². The second-order valence-corrected chi connectivity index (χ2v) is 6.15. The molecule has 0 unspecified atom stereocenters. The molecule has 2 aromatic carbocycles. The van der Waals surface area contributed by atoms with E-state index in [2.05, 4.69) is 15.8 Å². The van der Waals surface area contributed by atoms with Crippen molar-refractivity contribution in [2.75, 3.05) is 31.4 Å². The van der Waals surface area contributed by atoms with Gasteiger partial charge in [0.25, 0.3) is 5.69 Å². The van der Waals surface area contributed by atoms with Crippen LogP contribution in [-0.2, 0) is 9.59 Å². The molecule has 0 aliphatic heterocycles. The van der Waals surface area contributed by atoms with Gasteiger partial charge in [-0.2, -0.15) is 5.10 Å². The lowest BCUT2D eigenvalue weighted by Gasteiger charge is -2.12. The summed E-state index contributed by atoms with van der Waals surface area (Å²) < 4.78 is 5.03. The molecule has 2 aromatic rings. The zero-order chi connectivity index (χ0) is 21.4. The van der Waals surface area contributed by atoms with Crippen LogP contribution in [-0.4, -0.2) is 44.2 Å². The standard InChI is InChI=1S/C19H21N5O5/c1-23(2)16-9-4-13(10-17(16)24(27)28)12-20-22-19(26)11-18(25)21-14-5-7-15(29-3)8-6-14/h4-10,12H,11H2,1-3H3,(H,21,25)(H,22,26). The molecule has 0 aromatic heterocycles. The number of methoxy groups -OCH3 is 1. The maximum absolute atomic E-state index is 11.9. The van der Waals surface area contributed by atoms with E-state index >= 15 is 0 Å². The second-order valence-electron chi connectivity index (χ2n) is 6.15. The van der Waals surface area contributed by atoms with Gasteiger partial charge in [0.1, 0.15) is 17.9 Å². The quantitative estimate of drug-likeness (QED) is 0.303. The molecule has 0 aliphatic rings. The van der Waals surface area contributed by atoms with E-state index in [0.29, 0.717) is 22.7 Å². The molecule has 0 saturated carbocycles. The number of nitrogens with one attached hydrogen (secondary N) is 2. The van der Waals surface area contributed by atoms with Crippen molar-refractivity contribution in [3.63, 3.8) is 0 Å². The zero-order valence-corrected chi connectivity index (χ0v) is 16.2. The Labute approximate surface area is 167 Å². The fourth-order valence-electron chi connectivity index (χ4n) is 2.39. The number of nitrogens with zero attached hydrogens (tertiary/aromatic N) is 3. The fourth-order valence-corrected chi connectivity index (χ4v) is 2.39. The van der Waals surface area contributed by atoms with Crippen LogP contribution in [0.4, 0.5) is 17.1 Å². The Morgan fingerprint density at radius 3 is 2.45 bits per heavy atom. The summed E-state index contributed by atoms with van der Waals surface area (Å²) in [5.74, 6) is -0.477. The number of carbonyl (C=O) groups is 2. The van der Waals surface area contributed by atoms with Crippen LogP contribution >= 0.6 is 0 Å². The van der Waals surface area contributed by atoms with Gasteiger partial charge in [-0.25, -0.2) is 5.43 Å². The van der Waals surface area contributed by atoms with Crippen LogP contribution in [0.5, 0.6) is 5.75 Å². The van der Waals surface area contributed by atoms with E-state index in [-0.39, 0.29) is 5.69 Å². The number of benzene rings is 2. The van der Waals surface area contributed by atoms with Crippen LogP contribution in [0.1, 0.15) is 12.0 Å². The van der Waals surface area contributed by atoms with E-state index in [1.54, 1.807) is 55.4 Å². The molecule has 29 heavy (non-hydrogen) atoms. The number of anilines is 2. The van der Waals surface area contributed by atoms with Gasteiger partial charge < -0.3 is 15.0 Å². The van der Waals surface area contributed by atoms with Crippen molar-refractivity contribution in [3.05, 3.63) is 58.1 Å². The van der Waals surface area contributed by atoms with Crippen molar-refractivity contribution in [2.45, 2.75) is 6.42 Å². The highest BCUT2D eigenvalue weighted by Gasteiger charge is 2.15. The third-order valence-electron chi connectivity index (χ3n) is 3.78. The molecule has 0 aliphatic carbocycles. The van der Waals surface area contributed by atoms with Crippen molar-refractivity contribution >= 4 is 35.1 Å². The van der Waals surface area contributed by atoms with Gasteiger partial charge in [0.15, 0.2) is 0 Å². The molecular weight excluding hydrogens is 378 g/mol. The largest absolute Gasteiger partial charge is 0.497 e. The van der Waals surface area contributed by atoms with Crippen molar-refractivity contribution in [3.8, 4) is 5.75 Å². The molecule has 0 saturated heterocycles. The molecule has 0 spiro atoms. The molecule has 10 heteroatoms. The Morgan fingerprint density at radius 2 is 1.86 bits per heavy atom.